The lowest BCUT2D eigenvalue weighted by atomic mass is 10.1. The number of aromatic hydroxyl groups is 2. The maximum Gasteiger partial charge on any atom is 0.180 e. The zero-order valence-corrected chi connectivity index (χ0v) is 18.9. The van der Waals surface area contributed by atoms with E-state index in [1.54, 1.807) is 12.1 Å². The number of allylic oxidation sites excluding steroid dienone is 4. The first kappa shape index (κ1) is 22.5. The Hall–Kier alpha value is -3.74. The molecule has 0 bridgehead atoms. The van der Waals surface area contributed by atoms with E-state index in [9.17, 15) is 15.0 Å². The van der Waals surface area contributed by atoms with E-state index in [-0.39, 0.29) is 27.3 Å². The maximum atomic E-state index is 11.6. The molecule has 0 fully saturated rings. The average molecular weight is 480 g/mol. The van der Waals surface area contributed by atoms with Gasteiger partial charge in [-0.25, -0.2) is 4.99 Å². The molecule has 0 heterocycles. The van der Waals surface area contributed by atoms with E-state index in [1.165, 1.54) is 36.4 Å². The molecule has 1 aliphatic carbocycles. The molecule has 0 radical (unpaired) electrons. The van der Waals surface area contributed by atoms with Crippen LogP contribution >= 0.6 is 23.2 Å². The van der Waals surface area contributed by atoms with Crippen molar-refractivity contribution in [2.45, 2.75) is 6.92 Å². The molecule has 6 nitrogen and oxygen atoms in total. The molecule has 0 saturated heterocycles. The summed E-state index contributed by atoms with van der Waals surface area (Å²) in [7, 11) is 0. The second-order valence-corrected chi connectivity index (χ2v) is 8.21. The second-order valence-electron chi connectivity index (χ2n) is 7.39. The van der Waals surface area contributed by atoms with Crippen LogP contribution in [-0.2, 0) is 4.79 Å². The van der Waals surface area contributed by atoms with Crippen molar-refractivity contribution in [1.82, 2.24) is 0 Å². The van der Waals surface area contributed by atoms with Crippen LogP contribution in [0.4, 0.5) is 28.4 Å². The summed E-state index contributed by atoms with van der Waals surface area (Å²) in [4.78, 5) is 16.2. The molecule has 1 aliphatic rings. The summed E-state index contributed by atoms with van der Waals surface area (Å²) in [6.07, 6.45) is 4.22. The Kier molecular flexibility index (Phi) is 6.40. The van der Waals surface area contributed by atoms with Crippen LogP contribution in [0.1, 0.15) is 5.56 Å². The lowest BCUT2D eigenvalue weighted by Crippen LogP contribution is -2.04. The number of rotatable bonds is 5. The largest absolute Gasteiger partial charge is 0.508 e. The fourth-order valence-corrected chi connectivity index (χ4v) is 3.56. The van der Waals surface area contributed by atoms with Crippen LogP contribution in [0.3, 0.4) is 0 Å². The molecule has 166 valence electrons. The zero-order valence-electron chi connectivity index (χ0n) is 17.4. The number of carbonyl (C=O) groups excluding carboxylic acids is 1. The normalized spacial score (nSPS) is 14.3. The van der Waals surface area contributed by atoms with Gasteiger partial charge in [0, 0.05) is 23.9 Å². The molecule has 0 amide bonds. The molecule has 8 heteroatoms. The molecule has 0 spiro atoms. The highest BCUT2D eigenvalue weighted by Crippen LogP contribution is 2.40. The molecule has 3 aromatic rings. The number of carbonyl (C=O) groups is 1. The number of phenols is 2. The van der Waals surface area contributed by atoms with Gasteiger partial charge in [-0.05, 0) is 49.4 Å². The summed E-state index contributed by atoms with van der Waals surface area (Å²) in [5.41, 5.74) is 4.15. The summed E-state index contributed by atoms with van der Waals surface area (Å²) in [6, 6.07) is 15.4. The van der Waals surface area contributed by atoms with Gasteiger partial charge in [0.05, 0.1) is 38.5 Å². The summed E-state index contributed by atoms with van der Waals surface area (Å²) < 4.78 is 0. The van der Waals surface area contributed by atoms with Crippen LogP contribution in [0.15, 0.2) is 82.9 Å². The molecule has 4 rings (SSSR count). The van der Waals surface area contributed by atoms with E-state index in [0.29, 0.717) is 28.5 Å². The van der Waals surface area contributed by atoms with Crippen molar-refractivity contribution in [1.29, 1.82) is 0 Å². The highest BCUT2D eigenvalue weighted by atomic mass is 35.5. The van der Waals surface area contributed by atoms with Gasteiger partial charge in [0.25, 0.3) is 0 Å². The van der Waals surface area contributed by atoms with E-state index >= 15 is 0 Å². The summed E-state index contributed by atoms with van der Waals surface area (Å²) in [5.74, 6) is -0.236. The minimum atomic E-state index is -0.216. The van der Waals surface area contributed by atoms with Gasteiger partial charge < -0.3 is 20.8 Å². The third-order valence-electron chi connectivity index (χ3n) is 4.83. The molecule has 0 aromatic heterocycles. The topological polar surface area (TPSA) is 93.9 Å². The Morgan fingerprint density at radius 3 is 2.30 bits per heavy atom. The Morgan fingerprint density at radius 1 is 0.848 bits per heavy atom. The minimum absolute atomic E-state index is 0.0274. The lowest BCUT2D eigenvalue weighted by Gasteiger charge is -2.16. The van der Waals surface area contributed by atoms with Crippen LogP contribution in [0.2, 0.25) is 5.02 Å². The Labute approximate surface area is 200 Å². The van der Waals surface area contributed by atoms with Gasteiger partial charge in [-0.2, -0.15) is 0 Å². The van der Waals surface area contributed by atoms with Crippen LogP contribution < -0.4 is 10.6 Å². The zero-order chi connectivity index (χ0) is 23.5. The van der Waals surface area contributed by atoms with Gasteiger partial charge in [-0.3, -0.25) is 4.79 Å². The number of anilines is 4. The van der Waals surface area contributed by atoms with Gasteiger partial charge in [-0.15, -0.1) is 0 Å². The minimum Gasteiger partial charge on any atom is -0.508 e. The Bertz CT molecular complexity index is 1330. The fraction of sp³-hybridized carbons (Fsp3) is 0.0400. The monoisotopic (exact) mass is 479 g/mol. The predicted molar refractivity (Wildman–Crippen MR) is 134 cm³/mol. The van der Waals surface area contributed by atoms with Gasteiger partial charge >= 0.3 is 0 Å². The number of nitrogens with one attached hydrogen (secondary N) is 2. The molecule has 0 aliphatic heterocycles. The standard InChI is InChI=1S/C25H19Cl2N3O3/c1-14-2-4-15(5-3-14)28-23-13-25(33)24(30-21-9-7-17(32)11-19(21)27)12-22(23)29-20-8-6-16(31)10-18(20)26/h2-13,28,30,32-33H,1H3. The first-order valence-electron chi connectivity index (χ1n) is 9.93. The van der Waals surface area contributed by atoms with E-state index < -0.39 is 0 Å². The highest BCUT2D eigenvalue weighted by molar-refractivity contribution is 6.48. The molecule has 0 unspecified atom stereocenters. The number of ketones is 1. The number of halogens is 2. The van der Waals surface area contributed by atoms with E-state index in [4.69, 9.17) is 23.2 Å². The quantitative estimate of drug-likeness (QED) is 0.181. The Morgan fingerprint density at radius 2 is 1.61 bits per heavy atom. The SMILES string of the molecule is Cc1ccc(Nc2cc(O)c(Nc3ccc(O)cc3Cl)cc2N=C2C=CC(=O)C=C2Cl)cc1. The van der Waals surface area contributed by atoms with Crippen LogP contribution in [0.25, 0.3) is 0 Å². The molecular weight excluding hydrogens is 461 g/mol. The summed E-state index contributed by atoms with van der Waals surface area (Å²) in [6.45, 7) is 1.99. The number of phenolic OH excluding ortho intramolecular Hbond substituents is 2. The van der Waals surface area contributed by atoms with Crippen LogP contribution in [-0.4, -0.2) is 21.7 Å². The van der Waals surface area contributed by atoms with Crippen molar-refractivity contribution >= 4 is 63.1 Å². The van der Waals surface area contributed by atoms with Crippen molar-refractivity contribution in [3.8, 4) is 11.5 Å². The number of benzene rings is 3. The molecule has 0 atom stereocenters. The summed E-state index contributed by atoms with van der Waals surface area (Å²) >= 11 is 12.4. The van der Waals surface area contributed by atoms with Crippen molar-refractivity contribution in [3.63, 3.8) is 0 Å². The predicted octanol–water partition coefficient (Wildman–Crippen LogP) is 6.88. The number of aryl methyl sites for hydroxylation is 1. The van der Waals surface area contributed by atoms with E-state index in [0.717, 1.165) is 11.3 Å². The van der Waals surface area contributed by atoms with E-state index in [1.807, 2.05) is 31.2 Å². The van der Waals surface area contributed by atoms with E-state index in [2.05, 4.69) is 15.6 Å². The molecule has 3 aromatic carbocycles. The maximum absolute atomic E-state index is 11.6. The second kappa shape index (κ2) is 9.40. The average Bonchev–Trinajstić information content (AvgIpc) is 2.76. The van der Waals surface area contributed by atoms with Gasteiger partial charge in [-0.1, -0.05) is 40.9 Å². The highest BCUT2D eigenvalue weighted by Gasteiger charge is 2.15. The van der Waals surface area contributed by atoms with Crippen LogP contribution in [0.5, 0.6) is 11.5 Å². The lowest BCUT2D eigenvalue weighted by molar-refractivity contribution is -0.110. The van der Waals surface area contributed by atoms with Crippen molar-refractivity contribution < 1.29 is 15.0 Å². The Balaban J connectivity index is 1.78. The smallest absolute Gasteiger partial charge is 0.180 e. The van der Waals surface area contributed by atoms with Gasteiger partial charge in [0.15, 0.2) is 5.78 Å². The molecule has 0 saturated carbocycles. The van der Waals surface area contributed by atoms with Crippen molar-refractivity contribution in [2.75, 3.05) is 10.6 Å². The molecule has 33 heavy (non-hydrogen) atoms. The van der Waals surface area contributed by atoms with Gasteiger partial charge in [0.2, 0.25) is 0 Å². The molecule has 4 N–H and O–H groups in total. The van der Waals surface area contributed by atoms with Crippen molar-refractivity contribution in [3.05, 3.63) is 88.4 Å². The summed E-state index contributed by atoms with van der Waals surface area (Å²) in [5, 5.41) is 27.1. The number of nitrogens with zero attached hydrogens (tertiary/aromatic N) is 1. The van der Waals surface area contributed by atoms with Crippen molar-refractivity contribution in [2.24, 2.45) is 4.99 Å². The number of aliphatic imine (C=N–C) groups is 1. The first-order chi connectivity index (χ1) is 15.8. The number of hydrogen-bond acceptors (Lipinski definition) is 6. The van der Waals surface area contributed by atoms with Crippen LogP contribution in [0, 0.1) is 6.92 Å². The molecular formula is C25H19Cl2N3O3. The first-order valence-corrected chi connectivity index (χ1v) is 10.7. The third kappa shape index (κ3) is 5.37. The fourth-order valence-electron chi connectivity index (χ4n) is 3.12. The third-order valence-corrected chi connectivity index (χ3v) is 5.44. The van der Waals surface area contributed by atoms with Gasteiger partial charge in [0.1, 0.15) is 11.5 Å². The number of hydrogen-bond donors (Lipinski definition) is 4.